The Bertz CT molecular complexity index is 367. The average Bonchev–Trinajstić information content (AvgIpc) is 3.06. The summed E-state index contributed by atoms with van der Waals surface area (Å²) in [7, 11) is 1.47. The number of carboxylic acids is 1. The third-order valence-corrected chi connectivity index (χ3v) is 4.28. The molecule has 0 aliphatic carbocycles. The van der Waals surface area contributed by atoms with Gasteiger partial charge >= 0.3 is 5.97 Å². The van der Waals surface area contributed by atoms with Gasteiger partial charge in [0.1, 0.15) is 0 Å². The van der Waals surface area contributed by atoms with E-state index in [1.165, 1.54) is 12.0 Å². The van der Waals surface area contributed by atoms with Crippen LogP contribution in [0.25, 0.3) is 0 Å². The lowest BCUT2D eigenvalue weighted by Crippen LogP contribution is -2.56. The smallest absolute Gasteiger partial charge is 0.332 e. The van der Waals surface area contributed by atoms with Crippen molar-refractivity contribution in [3.8, 4) is 0 Å². The van der Waals surface area contributed by atoms with Crippen LogP contribution in [-0.4, -0.2) is 60.4 Å². The van der Waals surface area contributed by atoms with Crippen molar-refractivity contribution in [2.24, 2.45) is 0 Å². The first-order valence-electron chi connectivity index (χ1n) is 7.24. The molecule has 114 valence electrons. The summed E-state index contributed by atoms with van der Waals surface area (Å²) in [6.07, 6.45) is 4.40. The van der Waals surface area contributed by atoms with Gasteiger partial charge in [-0.05, 0) is 32.1 Å². The molecular weight excluding hydrogens is 262 g/mol. The lowest BCUT2D eigenvalue weighted by atomic mass is 9.96. The summed E-state index contributed by atoms with van der Waals surface area (Å²) >= 11 is 0. The van der Waals surface area contributed by atoms with E-state index in [-0.39, 0.29) is 18.6 Å². The van der Waals surface area contributed by atoms with E-state index in [1.807, 2.05) is 0 Å². The Morgan fingerprint density at radius 2 is 2.25 bits per heavy atom. The van der Waals surface area contributed by atoms with Gasteiger partial charge in [0, 0.05) is 26.7 Å². The summed E-state index contributed by atoms with van der Waals surface area (Å²) in [6, 6.07) is 0. The zero-order valence-electron chi connectivity index (χ0n) is 12.0. The van der Waals surface area contributed by atoms with Gasteiger partial charge in [-0.1, -0.05) is 0 Å². The molecule has 20 heavy (non-hydrogen) atoms. The maximum atomic E-state index is 12.3. The van der Waals surface area contributed by atoms with E-state index < -0.39 is 11.5 Å². The molecule has 2 saturated heterocycles. The van der Waals surface area contributed by atoms with E-state index in [4.69, 9.17) is 9.47 Å². The van der Waals surface area contributed by atoms with Crippen molar-refractivity contribution in [3.63, 3.8) is 0 Å². The highest BCUT2D eigenvalue weighted by molar-refractivity contribution is 5.88. The Hall–Kier alpha value is -1.14. The van der Waals surface area contributed by atoms with Crippen molar-refractivity contribution in [1.82, 2.24) is 4.90 Å². The van der Waals surface area contributed by atoms with Gasteiger partial charge < -0.3 is 19.5 Å². The van der Waals surface area contributed by atoms with E-state index in [0.29, 0.717) is 32.2 Å². The second-order valence-electron chi connectivity index (χ2n) is 5.59. The van der Waals surface area contributed by atoms with Crippen molar-refractivity contribution >= 4 is 11.9 Å². The Morgan fingerprint density at radius 1 is 1.45 bits per heavy atom. The van der Waals surface area contributed by atoms with Crippen LogP contribution < -0.4 is 0 Å². The van der Waals surface area contributed by atoms with Crippen LogP contribution in [-0.2, 0) is 19.1 Å². The number of carboxylic acid groups (broad SMARTS) is 1. The van der Waals surface area contributed by atoms with Crippen molar-refractivity contribution in [1.29, 1.82) is 0 Å². The van der Waals surface area contributed by atoms with Gasteiger partial charge in [-0.2, -0.15) is 0 Å². The number of rotatable bonds is 6. The number of aliphatic carboxylic acids is 1. The van der Waals surface area contributed by atoms with Crippen LogP contribution in [0, 0.1) is 0 Å². The second-order valence-corrected chi connectivity index (χ2v) is 5.59. The minimum Gasteiger partial charge on any atom is -0.479 e. The zero-order chi connectivity index (χ0) is 14.6. The molecule has 1 N–H and O–H groups in total. The van der Waals surface area contributed by atoms with Gasteiger partial charge in [0.15, 0.2) is 5.54 Å². The van der Waals surface area contributed by atoms with E-state index in [2.05, 4.69) is 0 Å². The van der Waals surface area contributed by atoms with Gasteiger partial charge in [-0.25, -0.2) is 4.79 Å². The second kappa shape index (κ2) is 6.54. The first-order valence-corrected chi connectivity index (χ1v) is 7.24. The monoisotopic (exact) mass is 285 g/mol. The molecule has 0 aromatic carbocycles. The first kappa shape index (κ1) is 15.3. The lowest BCUT2D eigenvalue weighted by Gasteiger charge is -2.34. The molecule has 2 rings (SSSR count). The summed E-state index contributed by atoms with van der Waals surface area (Å²) in [5.41, 5.74) is -1.18. The third-order valence-electron chi connectivity index (χ3n) is 4.28. The molecular formula is C14H23NO5. The molecule has 2 heterocycles. The number of ether oxygens (including phenoxy) is 2. The summed E-state index contributed by atoms with van der Waals surface area (Å²) < 4.78 is 10.6. The standard InChI is InChI=1S/C14H23NO5/c1-19-10-14(13(17)18)7-3-8-15(14)12(16)6-5-11-4-2-9-20-11/h11H,2-10H2,1H3,(H,17,18). The molecule has 2 unspecified atom stereocenters. The van der Waals surface area contributed by atoms with E-state index in [0.717, 1.165) is 19.4 Å². The molecule has 2 atom stereocenters. The van der Waals surface area contributed by atoms with Gasteiger partial charge in [-0.3, -0.25) is 4.79 Å². The Balaban J connectivity index is 1.97. The van der Waals surface area contributed by atoms with Crippen LogP contribution >= 0.6 is 0 Å². The first-order chi connectivity index (χ1) is 9.60. The highest BCUT2D eigenvalue weighted by Crippen LogP contribution is 2.31. The van der Waals surface area contributed by atoms with Crippen LogP contribution in [0.5, 0.6) is 0 Å². The molecule has 2 aliphatic rings. The highest BCUT2D eigenvalue weighted by Gasteiger charge is 2.49. The maximum Gasteiger partial charge on any atom is 0.332 e. The number of carbonyl (C=O) groups excluding carboxylic acids is 1. The van der Waals surface area contributed by atoms with Crippen molar-refractivity contribution < 1.29 is 24.2 Å². The van der Waals surface area contributed by atoms with Crippen molar-refractivity contribution in [3.05, 3.63) is 0 Å². The molecule has 1 amide bonds. The molecule has 0 aromatic heterocycles. The van der Waals surface area contributed by atoms with Crippen LogP contribution in [0.15, 0.2) is 0 Å². The molecule has 2 fully saturated rings. The Morgan fingerprint density at radius 3 is 2.85 bits per heavy atom. The SMILES string of the molecule is COCC1(C(=O)O)CCCN1C(=O)CCC1CCCO1. The molecule has 2 aliphatic heterocycles. The van der Waals surface area contributed by atoms with Crippen molar-refractivity contribution in [2.45, 2.75) is 50.2 Å². The van der Waals surface area contributed by atoms with Gasteiger partial charge in [0.05, 0.1) is 12.7 Å². The Labute approximate surface area is 119 Å². The molecule has 0 radical (unpaired) electrons. The van der Waals surface area contributed by atoms with Crippen molar-refractivity contribution in [2.75, 3.05) is 26.9 Å². The summed E-state index contributed by atoms with van der Waals surface area (Å²) in [5.74, 6) is -1.07. The molecule has 6 nitrogen and oxygen atoms in total. The number of methoxy groups -OCH3 is 1. The van der Waals surface area contributed by atoms with Gasteiger partial charge in [0.2, 0.25) is 5.91 Å². The summed E-state index contributed by atoms with van der Waals surface area (Å²) in [4.78, 5) is 25.4. The normalized spacial score (nSPS) is 29.9. The minimum absolute atomic E-state index is 0.0496. The summed E-state index contributed by atoms with van der Waals surface area (Å²) in [6.45, 7) is 1.32. The number of amides is 1. The average molecular weight is 285 g/mol. The molecule has 0 spiro atoms. The number of likely N-dealkylation sites (tertiary alicyclic amines) is 1. The predicted molar refractivity (Wildman–Crippen MR) is 71.4 cm³/mol. The molecule has 0 aromatic rings. The van der Waals surface area contributed by atoms with Gasteiger partial charge in [-0.15, -0.1) is 0 Å². The number of hydrogen-bond acceptors (Lipinski definition) is 4. The van der Waals surface area contributed by atoms with E-state index in [1.54, 1.807) is 0 Å². The largest absolute Gasteiger partial charge is 0.479 e. The number of nitrogens with zero attached hydrogens (tertiary/aromatic N) is 1. The lowest BCUT2D eigenvalue weighted by molar-refractivity contribution is -0.160. The quantitative estimate of drug-likeness (QED) is 0.789. The van der Waals surface area contributed by atoms with Crippen LogP contribution in [0.3, 0.4) is 0 Å². The van der Waals surface area contributed by atoms with E-state index >= 15 is 0 Å². The zero-order valence-corrected chi connectivity index (χ0v) is 12.0. The number of hydrogen-bond donors (Lipinski definition) is 1. The fraction of sp³-hybridized carbons (Fsp3) is 0.857. The molecule has 6 heteroatoms. The fourth-order valence-corrected chi connectivity index (χ4v) is 3.21. The molecule has 0 bridgehead atoms. The van der Waals surface area contributed by atoms with E-state index in [9.17, 15) is 14.7 Å². The summed E-state index contributed by atoms with van der Waals surface area (Å²) in [5, 5.41) is 9.50. The van der Waals surface area contributed by atoms with Crippen LogP contribution in [0.2, 0.25) is 0 Å². The van der Waals surface area contributed by atoms with Crippen LogP contribution in [0.4, 0.5) is 0 Å². The Kier molecular flexibility index (Phi) is 4.99. The van der Waals surface area contributed by atoms with Crippen LogP contribution in [0.1, 0.15) is 38.5 Å². The topological polar surface area (TPSA) is 76.1 Å². The van der Waals surface area contributed by atoms with Gasteiger partial charge in [0.25, 0.3) is 0 Å². The predicted octanol–water partition coefficient (Wildman–Crippen LogP) is 1.04. The maximum absolute atomic E-state index is 12.3. The number of carbonyl (C=O) groups is 2. The highest BCUT2D eigenvalue weighted by atomic mass is 16.5. The minimum atomic E-state index is -1.18. The third kappa shape index (κ3) is 2.96. The molecule has 0 saturated carbocycles. The fourth-order valence-electron chi connectivity index (χ4n) is 3.21.